The highest BCUT2D eigenvalue weighted by Gasteiger charge is 2.10. The second kappa shape index (κ2) is 3.66. The summed E-state index contributed by atoms with van der Waals surface area (Å²) >= 11 is 0. The Morgan fingerprint density at radius 3 is 2.60 bits per heavy atom. The van der Waals surface area contributed by atoms with Crippen LogP contribution >= 0.6 is 0 Å². The molecule has 0 fully saturated rings. The quantitative estimate of drug-likeness (QED) is 0.694. The van der Waals surface area contributed by atoms with Crippen molar-refractivity contribution in [2.45, 2.75) is 6.43 Å². The fourth-order valence-corrected chi connectivity index (χ4v) is 1.57. The Morgan fingerprint density at radius 2 is 1.93 bits per heavy atom. The molecule has 2 rings (SSSR count). The van der Waals surface area contributed by atoms with Crippen LogP contribution in [0.3, 0.4) is 0 Å². The van der Waals surface area contributed by atoms with E-state index >= 15 is 0 Å². The molecule has 0 bridgehead atoms. The lowest BCUT2D eigenvalue weighted by Gasteiger charge is -2.05. The number of benzene rings is 2. The molecule has 0 aliphatic rings. The average Bonchev–Trinajstić information content (AvgIpc) is 2.27. The van der Waals surface area contributed by atoms with Crippen LogP contribution in [0.5, 0.6) is 0 Å². The minimum Gasteiger partial charge on any atom is -0.205 e. The van der Waals surface area contributed by atoms with Crippen molar-refractivity contribution in [1.82, 2.24) is 0 Å². The van der Waals surface area contributed by atoms with Crippen molar-refractivity contribution in [2.75, 3.05) is 0 Å². The Hall–Kier alpha value is -1.95. The van der Waals surface area contributed by atoms with Crippen molar-refractivity contribution in [3.05, 3.63) is 47.5 Å². The summed E-state index contributed by atoms with van der Waals surface area (Å²) in [4.78, 5) is 0. The van der Waals surface area contributed by atoms with Gasteiger partial charge in [0.25, 0.3) is 6.43 Å². The molecule has 74 valence electrons. The van der Waals surface area contributed by atoms with Gasteiger partial charge in [0.15, 0.2) is 0 Å². The molecule has 0 aromatic heterocycles. The summed E-state index contributed by atoms with van der Waals surface area (Å²) in [6, 6.07) is 11.4. The summed E-state index contributed by atoms with van der Waals surface area (Å²) < 4.78 is 25.2. The van der Waals surface area contributed by atoms with E-state index in [1.165, 1.54) is 6.07 Å². The average molecular weight is 203 g/mol. The van der Waals surface area contributed by atoms with Gasteiger partial charge in [-0.2, -0.15) is 5.26 Å². The Balaban J connectivity index is 2.73. The summed E-state index contributed by atoms with van der Waals surface area (Å²) in [5, 5.41) is 9.86. The Bertz CT molecular complexity index is 541. The Kier molecular flexibility index (Phi) is 2.34. The Morgan fingerprint density at radius 1 is 1.13 bits per heavy atom. The van der Waals surface area contributed by atoms with Crippen LogP contribution in [0, 0.1) is 11.3 Å². The van der Waals surface area contributed by atoms with Crippen LogP contribution in [0.1, 0.15) is 17.6 Å². The van der Waals surface area contributed by atoms with Crippen molar-refractivity contribution >= 4 is 10.8 Å². The molecule has 0 aliphatic carbocycles. The first-order chi connectivity index (χ1) is 7.22. The van der Waals surface area contributed by atoms with Crippen molar-refractivity contribution < 1.29 is 8.78 Å². The largest absolute Gasteiger partial charge is 0.264 e. The SMILES string of the molecule is N#Cc1ccc2c(C(F)F)cccc2c1. The van der Waals surface area contributed by atoms with E-state index in [0.29, 0.717) is 16.3 Å². The zero-order valence-electron chi connectivity index (χ0n) is 7.74. The lowest BCUT2D eigenvalue weighted by atomic mass is 10.0. The molecule has 0 amide bonds. The summed E-state index contributed by atoms with van der Waals surface area (Å²) in [6.45, 7) is 0. The van der Waals surface area contributed by atoms with Gasteiger partial charge in [-0.3, -0.25) is 0 Å². The third-order valence-corrected chi connectivity index (χ3v) is 2.28. The second-order valence-electron chi connectivity index (χ2n) is 3.20. The topological polar surface area (TPSA) is 23.8 Å². The number of hydrogen-bond donors (Lipinski definition) is 0. The third-order valence-electron chi connectivity index (χ3n) is 2.28. The van der Waals surface area contributed by atoms with Gasteiger partial charge in [0.05, 0.1) is 11.6 Å². The highest BCUT2D eigenvalue weighted by atomic mass is 19.3. The van der Waals surface area contributed by atoms with Gasteiger partial charge in [-0.05, 0) is 22.9 Å². The van der Waals surface area contributed by atoms with Crippen LogP contribution in [0.2, 0.25) is 0 Å². The van der Waals surface area contributed by atoms with Crippen LogP contribution < -0.4 is 0 Å². The van der Waals surface area contributed by atoms with Crippen LogP contribution in [-0.4, -0.2) is 0 Å². The maximum absolute atomic E-state index is 12.6. The van der Waals surface area contributed by atoms with Crippen molar-refractivity contribution in [1.29, 1.82) is 5.26 Å². The predicted molar refractivity (Wildman–Crippen MR) is 53.6 cm³/mol. The molecule has 0 N–H and O–H groups in total. The number of fused-ring (bicyclic) bond motifs is 1. The molecular weight excluding hydrogens is 196 g/mol. The van der Waals surface area contributed by atoms with E-state index in [2.05, 4.69) is 0 Å². The van der Waals surface area contributed by atoms with E-state index in [0.717, 1.165) is 0 Å². The standard InChI is InChI=1S/C12H7F2N/c13-12(14)11-3-1-2-9-6-8(7-15)4-5-10(9)11/h1-6,12H. The molecule has 0 saturated carbocycles. The minimum absolute atomic E-state index is 0.0111. The third kappa shape index (κ3) is 1.66. The Labute approximate surface area is 85.6 Å². The summed E-state index contributed by atoms with van der Waals surface area (Å²) in [5.41, 5.74) is 0.492. The van der Waals surface area contributed by atoms with Gasteiger partial charge < -0.3 is 0 Å². The minimum atomic E-state index is -2.48. The molecule has 0 unspecified atom stereocenters. The van der Waals surface area contributed by atoms with Gasteiger partial charge in [0.1, 0.15) is 0 Å². The molecule has 2 aromatic rings. The van der Waals surface area contributed by atoms with Gasteiger partial charge in [0, 0.05) is 5.56 Å². The van der Waals surface area contributed by atoms with Crippen molar-refractivity contribution in [3.8, 4) is 6.07 Å². The molecule has 0 atom stereocenters. The van der Waals surface area contributed by atoms with E-state index in [1.807, 2.05) is 6.07 Å². The van der Waals surface area contributed by atoms with Gasteiger partial charge in [0.2, 0.25) is 0 Å². The molecule has 2 aromatic carbocycles. The molecule has 0 radical (unpaired) electrons. The highest BCUT2D eigenvalue weighted by molar-refractivity contribution is 5.87. The van der Waals surface area contributed by atoms with Crippen LogP contribution in [0.25, 0.3) is 10.8 Å². The number of rotatable bonds is 1. The smallest absolute Gasteiger partial charge is 0.205 e. The predicted octanol–water partition coefficient (Wildman–Crippen LogP) is 3.65. The molecule has 0 spiro atoms. The lowest BCUT2D eigenvalue weighted by Crippen LogP contribution is -1.87. The highest BCUT2D eigenvalue weighted by Crippen LogP contribution is 2.27. The number of hydrogen-bond acceptors (Lipinski definition) is 1. The molecule has 0 saturated heterocycles. The van der Waals surface area contributed by atoms with E-state index in [9.17, 15) is 8.78 Å². The fourth-order valence-electron chi connectivity index (χ4n) is 1.57. The van der Waals surface area contributed by atoms with Gasteiger partial charge in [-0.15, -0.1) is 0 Å². The maximum atomic E-state index is 12.6. The number of alkyl halides is 2. The molecule has 0 aliphatic heterocycles. The first-order valence-electron chi connectivity index (χ1n) is 4.43. The second-order valence-corrected chi connectivity index (χ2v) is 3.20. The lowest BCUT2D eigenvalue weighted by molar-refractivity contribution is 0.153. The zero-order valence-corrected chi connectivity index (χ0v) is 7.74. The molecular formula is C12H7F2N. The normalized spacial score (nSPS) is 10.5. The monoisotopic (exact) mass is 203 g/mol. The van der Waals surface area contributed by atoms with Crippen LogP contribution in [0.15, 0.2) is 36.4 Å². The van der Waals surface area contributed by atoms with Gasteiger partial charge in [-0.25, -0.2) is 8.78 Å². The summed E-state index contributed by atoms with van der Waals surface area (Å²) in [5.74, 6) is 0. The molecule has 3 heteroatoms. The first-order valence-corrected chi connectivity index (χ1v) is 4.43. The summed E-state index contributed by atoms with van der Waals surface area (Å²) in [6.07, 6.45) is -2.48. The fraction of sp³-hybridized carbons (Fsp3) is 0.0833. The van der Waals surface area contributed by atoms with Crippen LogP contribution in [0.4, 0.5) is 8.78 Å². The van der Waals surface area contributed by atoms with E-state index in [-0.39, 0.29) is 5.56 Å². The number of nitriles is 1. The van der Waals surface area contributed by atoms with Crippen molar-refractivity contribution in [2.24, 2.45) is 0 Å². The summed E-state index contributed by atoms with van der Waals surface area (Å²) in [7, 11) is 0. The van der Waals surface area contributed by atoms with Crippen molar-refractivity contribution in [3.63, 3.8) is 0 Å². The van der Waals surface area contributed by atoms with E-state index < -0.39 is 6.43 Å². The van der Waals surface area contributed by atoms with Crippen LogP contribution in [-0.2, 0) is 0 Å². The number of halogens is 2. The molecule has 1 nitrogen and oxygen atoms in total. The molecule has 0 heterocycles. The van der Waals surface area contributed by atoms with Gasteiger partial charge in [-0.1, -0.05) is 24.3 Å². The maximum Gasteiger partial charge on any atom is 0.264 e. The van der Waals surface area contributed by atoms with E-state index in [1.54, 1.807) is 30.3 Å². The first kappa shape index (κ1) is 9.60. The number of nitrogens with zero attached hydrogens (tertiary/aromatic N) is 1. The van der Waals surface area contributed by atoms with Gasteiger partial charge >= 0.3 is 0 Å². The molecule has 15 heavy (non-hydrogen) atoms. The van der Waals surface area contributed by atoms with E-state index in [4.69, 9.17) is 5.26 Å². The zero-order chi connectivity index (χ0) is 10.8.